The molecule has 2 N–H and O–H groups in total. The Balaban J connectivity index is 1.52. The lowest BCUT2D eigenvalue weighted by Gasteiger charge is -2.27. The number of fused-ring (bicyclic) bond motifs is 2. The van der Waals surface area contributed by atoms with Gasteiger partial charge in [0.1, 0.15) is 6.61 Å². The van der Waals surface area contributed by atoms with Crippen molar-refractivity contribution in [3.05, 3.63) is 41.3 Å². The van der Waals surface area contributed by atoms with Crippen molar-refractivity contribution in [1.82, 2.24) is 15.0 Å². The molecule has 0 aliphatic carbocycles. The number of para-hydroxylation sites is 1. The summed E-state index contributed by atoms with van der Waals surface area (Å²) in [6.45, 7) is 2.13. The first-order chi connectivity index (χ1) is 11.7. The van der Waals surface area contributed by atoms with Crippen LogP contribution in [0.3, 0.4) is 0 Å². The van der Waals surface area contributed by atoms with Gasteiger partial charge in [-0.25, -0.2) is 0 Å². The van der Waals surface area contributed by atoms with Crippen LogP contribution in [-0.4, -0.2) is 41.7 Å². The predicted octanol–water partition coefficient (Wildman–Crippen LogP) is 3.09. The quantitative estimate of drug-likeness (QED) is 0.713. The number of likely N-dealkylation sites (N-methyl/N-ethyl adjacent to an activating group) is 1. The van der Waals surface area contributed by atoms with Gasteiger partial charge in [-0.05, 0) is 29.7 Å². The topological polar surface area (TPSA) is 66.1 Å². The second kappa shape index (κ2) is 6.20. The van der Waals surface area contributed by atoms with Gasteiger partial charge >= 0.3 is 0 Å². The van der Waals surface area contributed by atoms with E-state index in [0.29, 0.717) is 18.2 Å². The molecule has 0 radical (unpaired) electrons. The molecule has 1 aliphatic rings. The number of hydrogen-bond donors (Lipinski definition) is 2. The van der Waals surface area contributed by atoms with Crippen LogP contribution < -0.4 is 15.0 Å². The predicted molar refractivity (Wildman–Crippen MR) is 96.3 cm³/mol. The van der Waals surface area contributed by atoms with E-state index in [-0.39, 0.29) is 5.28 Å². The number of H-pyrrole nitrogens is 1. The van der Waals surface area contributed by atoms with Crippen molar-refractivity contribution in [3.8, 4) is 5.75 Å². The van der Waals surface area contributed by atoms with Gasteiger partial charge in [0.2, 0.25) is 11.0 Å². The van der Waals surface area contributed by atoms with Crippen LogP contribution in [0.25, 0.3) is 10.9 Å². The molecule has 0 saturated heterocycles. The van der Waals surface area contributed by atoms with Crippen LogP contribution in [0.4, 0.5) is 11.6 Å². The van der Waals surface area contributed by atoms with Crippen LogP contribution in [0, 0.1) is 0 Å². The van der Waals surface area contributed by atoms with Crippen molar-refractivity contribution in [2.45, 2.75) is 6.42 Å². The lowest BCUT2D eigenvalue weighted by Crippen LogP contribution is -2.30. The van der Waals surface area contributed by atoms with Gasteiger partial charge in [0.15, 0.2) is 11.6 Å². The number of nitrogens with zero attached hydrogens (tertiary/aromatic N) is 3. The highest BCUT2D eigenvalue weighted by atomic mass is 35.5. The third kappa shape index (κ3) is 2.73. The number of aromatic nitrogens is 3. The van der Waals surface area contributed by atoms with Gasteiger partial charge in [-0.2, -0.15) is 9.97 Å². The zero-order chi connectivity index (χ0) is 16.5. The molecule has 3 aromatic rings. The molecule has 7 heteroatoms. The number of aromatic amines is 1. The average molecular weight is 344 g/mol. The van der Waals surface area contributed by atoms with Crippen LogP contribution in [-0.2, 0) is 6.42 Å². The number of anilines is 2. The minimum Gasteiger partial charge on any atom is -0.485 e. The van der Waals surface area contributed by atoms with Gasteiger partial charge in [0.25, 0.3) is 0 Å². The highest BCUT2D eigenvalue weighted by Crippen LogP contribution is 2.35. The molecule has 0 fully saturated rings. The fourth-order valence-electron chi connectivity index (χ4n) is 2.97. The maximum absolute atomic E-state index is 6.05. The van der Waals surface area contributed by atoms with E-state index in [1.165, 1.54) is 10.9 Å². The standard InChI is InChI=1S/C17H18ClN5O/c1-23-8-9-24-14-15(21-17(18)22-16(14)23)19-7-6-11-10-20-13-5-3-2-4-12(11)13/h2-5,10,20H,6-9H2,1H3,(H,19,21,22). The van der Waals surface area contributed by atoms with E-state index in [9.17, 15) is 0 Å². The van der Waals surface area contributed by atoms with Crippen molar-refractivity contribution < 1.29 is 4.74 Å². The van der Waals surface area contributed by atoms with Crippen molar-refractivity contribution >= 4 is 34.1 Å². The number of halogens is 1. The van der Waals surface area contributed by atoms with Crippen LogP contribution in [0.15, 0.2) is 30.5 Å². The maximum Gasteiger partial charge on any atom is 0.226 e. The summed E-state index contributed by atoms with van der Waals surface area (Å²) in [7, 11) is 1.97. The fourth-order valence-corrected chi connectivity index (χ4v) is 3.13. The third-order valence-electron chi connectivity index (χ3n) is 4.22. The summed E-state index contributed by atoms with van der Waals surface area (Å²) in [5, 5.41) is 4.81. The number of rotatable bonds is 4. The normalized spacial score (nSPS) is 13.7. The minimum atomic E-state index is 0.223. The Hall–Kier alpha value is -2.47. The van der Waals surface area contributed by atoms with Gasteiger partial charge in [-0.15, -0.1) is 0 Å². The molecule has 6 nitrogen and oxygen atoms in total. The Labute approximate surface area is 144 Å². The number of ether oxygens (including phenoxy) is 1. The summed E-state index contributed by atoms with van der Waals surface area (Å²) in [4.78, 5) is 13.9. The molecule has 3 heterocycles. The van der Waals surface area contributed by atoms with Gasteiger partial charge in [-0.3, -0.25) is 0 Å². The molecular weight excluding hydrogens is 326 g/mol. The molecule has 2 aromatic heterocycles. The summed E-state index contributed by atoms with van der Waals surface area (Å²) in [6.07, 6.45) is 2.93. The Bertz CT molecular complexity index is 879. The first-order valence-corrected chi connectivity index (χ1v) is 8.30. The first-order valence-electron chi connectivity index (χ1n) is 7.93. The molecule has 0 atom stereocenters. The minimum absolute atomic E-state index is 0.223. The largest absolute Gasteiger partial charge is 0.485 e. The number of benzene rings is 1. The molecule has 4 rings (SSSR count). The Morgan fingerprint density at radius 3 is 3.12 bits per heavy atom. The molecule has 0 spiro atoms. The molecule has 0 bridgehead atoms. The van der Waals surface area contributed by atoms with Crippen LogP contribution in [0.2, 0.25) is 5.28 Å². The van der Waals surface area contributed by atoms with Crippen molar-refractivity contribution in [1.29, 1.82) is 0 Å². The van der Waals surface area contributed by atoms with Crippen LogP contribution >= 0.6 is 11.6 Å². The second-order valence-electron chi connectivity index (χ2n) is 5.80. The monoisotopic (exact) mass is 343 g/mol. The molecule has 124 valence electrons. The summed E-state index contributed by atoms with van der Waals surface area (Å²) in [5.41, 5.74) is 2.42. The van der Waals surface area contributed by atoms with Crippen molar-refractivity contribution in [2.75, 3.05) is 37.0 Å². The molecule has 1 aliphatic heterocycles. The SMILES string of the molecule is CN1CCOc2c(NCCc3c[nH]c4ccccc34)nc(Cl)nc21. The van der Waals surface area contributed by atoms with E-state index in [0.717, 1.165) is 30.8 Å². The zero-order valence-electron chi connectivity index (χ0n) is 13.3. The van der Waals surface area contributed by atoms with E-state index in [2.05, 4.69) is 44.7 Å². The van der Waals surface area contributed by atoms with Crippen LogP contribution in [0.1, 0.15) is 5.56 Å². The van der Waals surface area contributed by atoms with Crippen LogP contribution in [0.5, 0.6) is 5.75 Å². The van der Waals surface area contributed by atoms with Gasteiger partial charge in [0.05, 0.1) is 6.54 Å². The molecule has 0 amide bonds. The molecule has 0 unspecified atom stereocenters. The summed E-state index contributed by atoms with van der Waals surface area (Å²) in [5.74, 6) is 2.05. The summed E-state index contributed by atoms with van der Waals surface area (Å²) < 4.78 is 5.74. The summed E-state index contributed by atoms with van der Waals surface area (Å²) in [6, 6.07) is 8.29. The molecule has 24 heavy (non-hydrogen) atoms. The number of nitrogens with one attached hydrogen (secondary N) is 2. The van der Waals surface area contributed by atoms with E-state index in [4.69, 9.17) is 16.3 Å². The lowest BCUT2D eigenvalue weighted by atomic mass is 10.1. The van der Waals surface area contributed by atoms with Gasteiger partial charge in [-0.1, -0.05) is 18.2 Å². The molecule has 1 aromatic carbocycles. The maximum atomic E-state index is 6.05. The molecule has 0 saturated carbocycles. The highest BCUT2D eigenvalue weighted by Gasteiger charge is 2.22. The number of hydrogen-bond acceptors (Lipinski definition) is 5. The smallest absolute Gasteiger partial charge is 0.226 e. The van der Waals surface area contributed by atoms with E-state index in [1.54, 1.807) is 0 Å². The van der Waals surface area contributed by atoms with E-state index >= 15 is 0 Å². The average Bonchev–Trinajstić information content (AvgIpc) is 2.99. The summed E-state index contributed by atoms with van der Waals surface area (Å²) >= 11 is 6.05. The van der Waals surface area contributed by atoms with Crippen molar-refractivity contribution in [3.63, 3.8) is 0 Å². The van der Waals surface area contributed by atoms with Crippen molar-refractivity contribution in [2.24, 2.45) is 0 Å². The Kier molecular flexibility index (Phi) is 3.90. The van der Waals surface area contributed by atoms with E-state index in [1.807, 2.05) is 18.0 Å². The molecular formula is C17H18ClN5O. The second-order valence-corrected chi connectivity index (χ2v) is 6.14. The van der Waals surface area contributed by atoms with E-state index < -0.39 is 0 Å². The Morgan fingerprint density at radius 1 is 1.33 bits per heavy atom. The zero-order valence-corrected chi connectivity index (χ0v) is 14.1. The first kappa shape index (κ1) is 15.1. The van der Waals surface area contributed by atoms with Gasteiger partial charge in [0, 0.05) is 30.7 Å². The highest BCUT2D eigenvalue weighted by molar-refractivity contribution is 6.28. The fraction of sp³-hybridized carbons (Fsp3) is 0.294. The third-order valence-corrected chi connectivity index (χ3v) is 4.39. The Morgan fingerprint density at radius 2 is 2.21 bits per heavy atom. The lowest BCUT2D eigenvalue weighted by molar-refractivity contribution is 0.309. The van der Waals surface area contributed by atoms with Gasteiger partial charge < -0.3 is 19.9 Å².